The number of carbonyl (C=O) groups is 1. The van der Waals surface area contributed by atoms with Crippen LogP contribution in [0.25, 0.3) is 9.88 Å². The van der Waals surface area contributed by atoms with Gasteiger partial charge in [0.1, 0.15) is 10.7 Å². The van der Waals surface area contributed by atoms with Gasteiger partial charge in [0.25, 0.3) is 5.91 Å². The van der Waals surface area contributed by atoms with Crippen LogP contribution in [0.1, 0.15) is 16.9 Å². The number of thiazole rings is 1. The Kier molecular flexibility index (Phi) is 4.86. The summed E-state index contributed by atoms with van der Waals surface area (Å²) in [6.07, 6.45) is 0.921. The Morgan fingerprint density at radius 2 is 2.28 bits per heavy atom. The summed E-state index contributed by atoms with van der Waals surface area (Å²) in [4.78, 5) is 17.3. The number of aromatic nitrogens is 1. The van der Waals surface area contributed by atoms with Gasteiger partial charge >= 0.3 is 0 Å². The van der Waals surface area contributed by atoms with Crippen molar-refractivity contribution in [3.63, 3.8) is 0 Å². The first-order valence-corrected chi connectivity index (χ1v) is 7.49. The Morgan fingerprint density at radius 3 is 3.00 bits per heavy atom. The molecule has 0 spiro atoms. The molecule has 0 aliphatic carbocycles. The van der Waals surface area contributed by atoms with Gasteiger partial charge in [-0.15, -0.1) is 22.7 Å². The first kappa shape index (κ1) is 13.2. The standard InChI is InChI=1S/C12H15N3OS2/c1-13-5-3-6-14-11(16)9-8-18-12(15-9)10-4-2-7-17-10/h2,4,7-8,13H,3,5-6H2,1H3,(H,14,16). The van der Waals surface area contributed by atoms with Crippen LogP contribution in [0.5, 0.6) is 0 Å². The Bertz CT molecular complexity index is 493. The minimum Gasteiger partial charge on any atom is -0.351 e. The average molecular weight is 281 g/mol. The normalized spacial score (nSPS) is 10.5. The molecule has 0 atom stereocenters. The summed E-state index contributed by atoms with van der Waals surface area (Å²) in [5.41, 5.74) is 0.507. The Morgan fingerprint density at radius 1 is 1.39 bits per heavy atom. The van der Waals surface area contributed by atoms with Crippen molar-refractivity contribution in [3.05, 3.63) is 28.6 Å². The maximum absolute atomic E-state index is 11.8. The molecule has 2 N–H and O–H groups in total. The van der Waals surface area contributed by atoms with E-state index in [1.54, 1.807) is 11.3 Å². The largest absolute Gasteiger partial charge is 0.351 e. The van der Waals surface area contributed by atoms with Gasteiger partial charge < -0.3 is 10.6 Å². The molecular formula is C12H15N3OS2. The summed E-state index contributed by atoms with van der Waals surface area (Å²) in [7, 11) is 1.90. The summed E-state index contributed by atoms with van der Waals surface area (Å²) in [6.45, 7) is 1.57. The van der Waals surface area contributed by atoms with Crippen molar-refractivity contribution in [1.29, 1.82) is 0 Å². The van der Waals surface area contributed by atoms with Gasteiger partial charge in [0.2, 0.25) is 0 Å². The fourth-order valence-electron chi connectivity index (χ4n) is 1.45. The van der Waals surface area contributed by atoms with Crippen LogP contribution < -0.4 is 10.6 Å². The van der Waals surface area contributed by atoms with Crippen LogP contribution in [-0.4, -0.2) is 31.0 Å². The van der Waals surface area contributed by atoms with E-state index in [1.807, 2.05) is 29.9 Å². The molecule has 2 rings (SSSR count). The highest BCUT2D eigenvalue weighted by atomic mass is 32.1. The molecule has 0 saturated heterocycles. The molecule has 0 aromatic carbocycles. The number of nitrogens with one attached hydrogen (secondary N) is 2. The summed E-state index contributed by atoms with van der Waals surface area (Å²) < 4.78 is 0. The van der Waals surface area contributed by atoms with E-state index in [-0.39, 0.29) is 5.91 Å². The number of amides is 1. The van der Waals surface area contributed by atoms with Crippen molar-refractivity contribution in [2.24, 2.45) is 0 Å². The lowest BCUT2D eigenvalue weighted by Crippen LogP contribution is -2.26. The topological polar surface area (TPSA) is 54.0 Å². The van der Waals surface area contributed by atoms with Crippen LogP contribution in [0.3, 0.4) is 0 Å². The van der Waals surface area contributed by atoms with E-state index < -0.39 is 0 Å². The first-order chi connectivity index (χ1) is 8.81. The van der Waals surface area contributed by atoms with E-state index in [2.05, 4.69) is 15.6 Å². The molecular weight excluding hydrogens is 266 g/mol. The third kappa shape index (κ3) is 3.38. The van der Waals surface area contributed by atoms with E-state index in [0.29, 0.717) is 12.2 Å². The Balaban J connectivity index is 1.91. The summed E-state index contributed by atoms with van der Waals surface area (Å²) in [6, 6.07) is 4.00. The number of thiophene rings is 1. The lowest BCUT2D eigenvalue weighted by Gasteiger charge is -2.02. The predicted octanol–water partition coefficient (Wildman–Crippen LogP) is 2.21. The van der Waals surface area contributed by atoms with Crippen molar-refractivity contribution in [2.45, 2.75) is 6.42 Å². The van der Waals surface area contributed by atoms with Crippen LogP contribution in [0.4, 0.5) is 0 Å². The van der Waals surface area contributed by atoms with Crippen LogP contribution in [0, 0.1) is 0 Å². The van der Waals surface area contributed by atoms with Crippen LogP contribution in [-0.2, 0) is 0 Å². The maximum Gasteiger partial charge on any atom is 0.270 e. The van der Waals surface area contributed by atoms with Crippen molar-refractivity contribution >= 4 is 28.6 Å². The van der Waals surface area contributed by atoms with Crippen molar-refractivity contribution in [2.75, 3.05) is 20.1 Å². The van der Waals surface area contributed by atoms with Gasteiger partial charge in [0, 0.05) is 11.9 Å². The number of nitrogens with zero attached hydrogens (tertiary/aromatic N) is 1. The third-order valence-corrected chi connectivity index (χ3v) is 4.24. The molecule has 96 valence electrons. The number of hydrogen-bond acceptors (Lipinski definition) is 5. The summed E-state index contributed by atoms with van der Waals surface area (Å²) in [5, 5.41) is 10.6. The monoisotopic (exact) mass is 281 g/mol. The second-order valence-corrected chi connectivity index (χ2v) is 5.53. The number of carbonyl (C=O) groups excluding carboxylic acids is 1. The van der Waals surface area contributed by atoms with Gasteiger partial charge in [0.05, 0.1) is 4.88 Å². The number of hydrogen-bond donors (Lipinski definition) is 2. The molecule has 4 nitrogen and oxygen atoms in total. The zero-order valence-corrected chi connectivity index (χ0v) is 11.7. The fourth-order valence-corrected chi connectivity index (χ4v) is 3.06. The van der Waals surface area contributed by atoms with E-state index in [0.717, 1.165) is 22.9 Å². The highest BCUT2D eigenvalue weighted by Gasteiger charge is 2.11. The van der Waals surface area contributed by atoms with Gasteiger partial charge in [-0.25, -0.2) is 4.98 Å². The molecule has 0 fully saturated rings. The van der Waals surface area contributed by atoms with Crippen LogP contribution >= 0.6 is 22.7 Å². The molecule has 0 radical (unpaired) electrons. The van der Waals surface area contributed by atoms with Gasteiger partial charge in [-0.1, -0.05) is 6.07 Å². The molecule has 0 aliphatic heterocycles. The van der Waals surface area contributed by atoms with Gasteiger partial charge in [0.15, 0.2) is 0 Å². The maximum atomic E-state index is 11.8. The van der Waals surface area contributed by atoms with Gasteiger partial charge in [-0.2, -0.15) is 0 Å². The van der Waals surface area contributed by atoms with Crippen molar-refractivity contribution in [1.82, 2.24) is 15.6 Å². The summed E-state index contributed by atoms with van der Waals surface area (Å²) in [5.74, 6) is -0.0924. The first-order valence-electron chi connectivity index (χ1n) is 5.73. The zero-order chi connectivity index (χ0) is 12.8. The van der Waals surface area contributed by atoms with E-state index >= 15 is 0 Å². The van der Waals surface area contributed by atoms with Crippen LogP contribution in [0.2, 0.25) is 0 Å². The Hall–Kier alpha value is -1.24. The van der Waals surface area contributed by atoms with E-state index in [1.165, 1.54) is 11.3 Å². The molecule has 0 unspecified atom stereocenters. The molecule has 1 amide bonds. The second kappa shape index (κ2) is 6.63. The molecule has 18 heavy (non-hydrogen) atoms. The summed E-state index contributed by atoms with van der Waals surface area (Å²) >= 11 is 3.14. The molecule has 6 heteroatoms. The lowest BCUT2D eigenvalue weighted by molar-refractivity contribution is 0.0949. The molecule has 2 heterocycles. The smallest absolute Gasteiger partial charge is 0.270 e. The molecule has 0 aliphatic rings. The van der Waals surface area contributed by atoms with E-state index in [4.69, 9.17) is 0 Å². The lowest BCUT2D eigenvalue weighted by atomic mass is 10.4. The zero-order valence-electron chi connectivity index (χ0n) is 10.1. The third-order valence-electron chi connectivity index (χ3n) is 2.36. The quantitative estimate of drug-likeness (QED) is 0.798. The SMILES string of the molecule is CNCCCNC(=O)c1csc(-c2cccs2)n1. The van der Waals surface area contributed by atoms with E-state index in [9.17, 15) is 4.79 Å². The van der Waals surface area contributed by atoms with Gasteiger partial charge in [-0.3, -0.25) is 4.79 Å². The van der Waals surface area contributed by atoms with Crippen LogP contribution in [0.15, 0.2) is 22.9 Å². The molecule has 2 aromatic heterocycles. The minimum atomic E-state index is -0.0924. The highest BCUT2D eigenvalue weighted by Crippen LogP contribution is 2.27. The van der Waals surface area contributed by atoms with Gasteiger partial charge in [-0.05, 0) is 31.5 Å². The molecule has 2 aromatic rings. The molecule has 0 saturated carbocycles. The number of rotatable bonds is 6. The highest BCUT2D eigenvalue weighted by molar-refractivity contribution is 7.20. The predicted molar refractivity (Wildman–Crippen MR) is 76.3 cm³/mol. The average Bonchev–Trinajstić information content (AvgIpc) is 3.03. The Labute approximate surface area is 114 Å². The van der Waals surface area contributed by atoms with Crippen molar-refractivity contribution in [3.8, 4) is 9.88 Å². The minimum absolute atomic E-state index is 0.0924. The molecule has 0 bridgehead atoms. The second-order valence-electron chi connectivity index (χ2n) is 3.73. The fraction of sp³-hybridized carbons (Fsp3) is 0.333. The van der Waals surface area contributed by atoms with Crippen molar-refractivity contribution < 1.29 is 4.79 Å².